The Kier molecular flexibility index (Phi) is 8.69. The largest absolute Gasteiger partial charge is 0.355 e. The molecule has 2 aromatic carbocycles. The first kappa shape index (κ1) is 25.7. The van der Waals surface area contributed by atoms with E-state index in [2.05, 4.69) is 5.32 Å². The molecule has 1 unspecified atom stereocenters. The number of hydrogen-bond acceptors (Lipinski definition) is 4. The molecule has 2 amide bonds. The van der Waals surface area contributed by atoms with Crippen molar-refractivity contribution in [2.24, 2.45) is 0 Å². The molecule has 0 aliphatic carbocycles. The van der Waals surface area contributed by atoms with Gasteiger partial charge in [0.15, 0.2) is 0 Å². The summed E-state index contributed by atoms with van der Waals surface area (Å²) in [6.45, 7) is 7.16. The first-order valence-corrected chi connectivity index (χ1v) is 12.5. The smallest absolute Gasteiger partial charge is 0.244 e. The minimum atomic E-state index is -3.76. The lowest BCUT2D eigenvalue weighted by molar-refractivity contribution is -0.139. The summed E-state index contributed by atoms with van der Waals surface area (Å²) in [5.74, 6) is -0.792. The van der Waals surface area contributed by atoms with Crippen molar-refractivity contribution in [1.29, 1.82) is 0 Å². The molecule has 0 saturated heterocycles. The molecular weight excluding hydrogens is 450 g/mol. The van der Waals surface area contributed by atoms with Gasteiger partial charge in [0.05, 0.1) is 11.9 Å². The quantitative estimate of drug-likeness (QED) is 0.598. The number of carbonyl (C=O) groups is 2. The number of likely N-dealkylation sites (N-methyl/N-ethyl adjacent to an activating group) is 1. The van der Waals surface area contributed by atoms with E-state index < -0.39 is 28.5 Å². The molecule has 174 valence electrons. The summed E-state index contributed by atoms with van der Waals surface area (Å²) in [5.41, 5.74) is 2.73. The maximum Gasteiger partial charge on any atom is 0.244 e. The molecule has 2 aromatic rings. The lowest BCUT2D eigenvalue weighted by Crippen LogP contribution is -2.51. The second-order valence-corrected chi connectivity index (χ2v) is 10.1. The van der Waals surface area contributed by atoms with E-state index in [1.54, 1.807) is 64.1 Å². The van der Waals surface area contributed by atoms with Gasteiger partial charge in [-0.3, -0.25) is 13.9 Å². The van der Waals surface area contributed by atoms with Crippen molar-refractivity contribution in [3.63, 3.8) is 0 Å². The average Bonchev–Trinajstić information content (AvgIpc) is 2.71. The molecule has 0 aliphatic rings. The second-order valence-electron chi connectivity index (χ2n) is 7.73. The van der Waals surface area contributed by atoms with Gasteiger partial charge in [-0.25, -0.2) is 8.42 Å². The molecule has 0 aromatic heterocycles. The second kappa shape index (κ2) is 10.8. The van der Waals surface area contributed by atoms with Crippen molar-refractivity contribution < 1.29 is 18.0 Å². The zero-order valence-electron chi connectivity index (χ0n) is 19.1. The van der Waals surface area contributed by atoms with E-state index in [1.807, 2.05) is 6.07 Å². The van der Waals surface area contributed by atoms with Crippen molar-refractivity contribution in [3.05, 3.63) is 64.2 Å². The number of halogens is 1. The lowest BCUT2D eigenvalue weighted by Gasteiger charge is -2.32. The number of sulfonamides is 1. The van der Waals surface area contributed by atoms with Gasteiger partial charge in [0.2, 0.25) is 21.8 Å². The van der Waals surface area contributed by atoms with Crippen LogP contribution in [0, 0.1) is 13.8 Å². The first-order chi connectivity index (χ1) is 15.0. The van der Waals surface area contributed by atoms with Crippen LogP contribution in [0.4, 0.5) is 5.69 Å². The Morgan fingerprint density at radius 1 is 1.06 bits per heavy atom. The molecule has 0 radical (unpaired) electrons. The van der Waals surface area contributed by atoms with Crippen LogP contribution in [0.5, 0.6) is 0 Å². The summed E-state index contributed by atoms with van der Waals surface area (Å²) in [6.07, 6.45) is 1.07. The number of nitrogens with one attached hydrogen (secondary N) is 1. The SMILES string of the molecule is CCNC(=O)C(C)N(Cc1ccc(Cl)cc1)C(=O)CN(c1c(C)cccc1C)S(C)(=O)=O. The third kappa shape index (κ3) is 6.46. The highest BCUT2D eigenvalue weighted by Gasteiger charge is 2.30. The van der Waals surface area contributed by atoms with Gasteiger partial charge in [0.1, 0.15) is 12.6 Å². The standard InChI is InChI=1S/C23H30ClN3O4S/c1-6-25-23(29)18(4)26(14-19-10-12-20(24)13-11-19)21(28)15-27(32(5,30)31)22-16(2)8-7-9-17(22)3/h7-13,18H,6,14-15H2,1-5H3,(H,25,29). The van der Waals surface area contributed by atoms with E-state index in [0.29, 0.717) is 17.3 Å². The van der Waals surface area contributed by atoms with E-state index in [-0.39, 0.29) is 12.5 Å². The molecular formula is C23H30ClN3O4S. The van der Waals surface area contributed by atoms with Crippen molar-refractivity contribution in [1.82, 2.24) is 10.2 Å². The van der Waals surface area contributed by atoms with Crippen LogP contribution in [-0.4, -0.2) is 50.5 Å². The number of para-hydroxylation sites is 1. The third-order valence-electron chi connectivity index (χ3n) is 5.15. The van der Waals surface area contributed by atoms with Gasteiger partial charge in [0.25, 0.3) is 0 Å². The Morgan fingerprint density at radius 2 is 1.62 bits per heavy atom. The number of hydrogen-bond donors (Lipinski definition) is 1. The van der Waals surface area contributed by atoms with Gasteiger partial charge in [-0.1, -0.05) is 41.9 Å². The van der Waals surface area contributed by atoms with Gasteiger partial charge in [-0.15, -0.1) is 0 Å². The Balaban J connectivity index is 2.43. The Labute approximate surface area is 195 Å². The summed E-state index contributed by atoms with van der Waals surface area (Å²) in [7, 11) is -3.76. The lowest BCUT2D eigenvalue weighted by atomic mass is 10.1. The molecule has 0 fully saturated rings. The molecule has 1 atom stereocenters. The van der Waals surface area contributed by atoms with Crippen LogP contribution in [0.3, 0.4) is 0 Å². The summed E-state index contributed by atoms with van der Waals surface area (Å²) >= 11 is 5.96. The van der Waals surface area contributed by atoms with Gasteiger partial charge >= 0.3 is 0 Å². The molecule has 2 rings (SSSR count). The highest BCUT2D eigenvalue weighted by molar-refractivity contribution is 7.92. The first-order valence-electron chi connectivity index (χ1n) is 10.3. The van der Waals surface area contributed by atoms with Crippen molar-refractivity contribution in [2.75, 3.05) is 23.7 Å². The molecule has 0 bridgehead atoms. The normalized spacial score (nSPS) is 12.2. The van der Waals surface area contributed by atoms with Crippen molar-refractivity contribution in [3.8, 4) is 0 Å². The van der Waals surface area contributed by atoms with Gasteiger partial charge in [-0.05, 0) is 56.5 Å². The van der Waals surface area contributed by atoms with Crippen LogP contribution >= 0.6 is 11.6 Å². The summed E-state index contributed by atoms with van der Waals surface area (Å²) in [6, 6.07) is 11.6. The van der Waals surface area contributed by atoms with Crippen LogP contribution in [0.15, 0.2) is 42.5 Å². The predicted molar refractivity (Wildman–Crippen MR) is 128 cm³/mol. The summed E-state index contributed by atoms with van der Waals surface area (Å²) in [4.78, 5) is 27.4. The molecule has 0 heterocycles. The van der Waals surface area contributed by atoms with Crippen molar-refractivity contribution >= 4 is 39.1 Å². The molecule has 0 saturated carbocycles. The van der Waals surface area contributed by atoms with Crippen LogP contribution < -0.4 is 9.62 Å². The van der Waals surface area contributed by atoms with Crippen LogP contribution in [0.1, 0.15) is 30.5 Å². The van der Waals surface area contributed by atoms with Gasteiger partial charge in [0, 0.05) is 18.1 Å². The minimum absolute atomic E-state index is 0.138. The van der Waals surface area contributed by atoms with E-state index in [4.69, 9.17) is 11.6 Å². The Morgan fingerprint density at radius 3 is 2.12 bits per heavy atom. The van der Waals surface area contributed by atoms with Crippen molar-refractivity contribution in [2.45, 2.75) is 40.3 Å². The Hall–Kier alpha value is -2.58. The van der Waals surface area contributed by atoms with Gasteiger partial charge in [-0.2, -0.15) is 0 Å². The zero-order valence-corrected chi connectivity index (χ0v) is 20.6. The number of rotatable bonds is 9. The summed E-state index contributed by atoms with van der Waals surface area (Å²) in [5, 5.41) is 3.28. The number of benzene rings is 2. The maximum absolute atomic E-state index is 13.4. The minimum Gasteiger partial charge on any atom is -0.355 e. The molecule has 0 aliphatic heterocycles. The topological polar surface area (TPSA) is 86.8 Å². The molecule has 9 heteroatoms. The number of nitrogens with zero attached hydrogens (tertiary/aromatic N) is 2. The average molecular weight is 480 g/mol. The number of aryl methyl sites for hydroxylation is 2. The molecule has 7 nitrogen and oxygen atoms in total. The molecule has 0 spiro atoms. The molecule has 1 N–H and O–H groups in total. The number of carbonyl (C=O) groups excluding carboxylic acids is 2. The van der Waals surface area contributed by atoms with Crippen LogP contribution in [0.25, 0.3) is 0 Å². The van der Waals surface area contributed by atoms with E-state index in [9.17, 15) is 18.0 Å². The van der Waals surface area contributed by atoms with E-state index in [0.717, 1.165) is 27.3 Å². The van der Waals surface area contributed by atoms with Crippen LogP contribution in [-0.2, 0) is 26.2 Å². The van der Waals surface area contributed by atoms with E-state index in [1.165, 1.54) is 4.90 Å². The monoisotopic (exact) mass is 479 g/mol. The predicted octanol–water partition coefficient (Wildman–Crippen LogP) is 3.28. The maximum atomic E-state index is 13.4. The van der Waals surface area contributed by atoms with Gasteiger partial charge < -0.3 is 10.2 Å². The highest BCUT2D eigenvalue weighted by atomic mass is 35.5. The number of amides is 2. The fourth-order valence-corrected chi connectivity index (χ4v) is 4.56. The summed E-state index contributed by atoms with van der Waals surface area (Å²) < 4.78 is 26.4. The van der Waals surface area contributed by atoms with E-state index >= 15 is 0 Å². The van der Waals surface area contributed by atoms with Crippen LogP contribution in [0.2, 0.25) is 5.02 Å². The Bertz CT molecular complexity index is 1050. The number of anilines is 1. The highest BCUT2D eigenvalue weighted by Crippen LogP contribution is 2.27. The fraction of sp³-hybridized carbons (Fsp3) is 0.391. The zero-order chi connectivity index (χ0) is 24.1. The fourth-order valence-electron chi connectivity index (χ4n) is 3.47. The third-order valence-corrected chi connectivity index (χ3v) is 6.52. The molecule has 32 heavy (non-hydrogen) atoms.